The van der Waals surface area contributed by atoms with Crippen LogP contribution in [0.3, 0.4) is 0 Å². The van der Waals surface area contributed by atoms with E-state index in [9.17, 15) is 10.1 Å². The molecule has 2 aromatic rings. The Morgan fingerprint density at radius 3 is 2.69 bits per heavy atom. The van der Waals surface area contributed by atoms with Gasteiger partial charge in [0.25, 0.3) is 5.69 Å². The van der Waals surface area contributed by atoms with Crippen molar-refractivity contribution < 1.29 is 4.92 Å². The van der Waals surface area contributed by atoms with Crippen LogP contribution >= 0.6 is 11.6 Å². The van der Waals surface area contributed by atoms with Crippen LogP contribution in [0.15, 0.2) is 30.3 Å². The van der Waals surface area contributed by atoms with Crippen LogP contribution in [-0.4, -0.2) is 4.92 Å². The Hall–Kier alpha value is -2.12. The molecule has 0 radical (unpaired) electrons. The number of nitrogens with zero attached hydrogens (tertiary/aromatic N) is 2. The molecule has 78 valence electrons. The number of nitriles is 1. The minimum Gasteiger partial charge on any atom is -0.258 e. The van der Waals surface area contributed by atoms with Crippen LogP contribution in [0.2, 0.25) is 5.02 Å². The first-order chi connectivity index (χ1) is 7.65. The minimum atomic E-state index is -0.577. The highest BCUT2D eigenvalue weighted by atomic mass is 35.5. The van der Waals surface area contributed by atoms with Crippen molar-refractivity contribution >= 4 is 28.1 Å². The van der Waals surface area contributed by atoms with E-state index in [0.29, 0.717) is 10.8 Å². The average molecular weight is 233 g/mol. The zero-order chi connectivity index (χ0) is 11.7. The van der Waals surface area contributed by atoms with Crippen LogP contribution in [0.1, 0.15) is 5.56 Å². The molecule has 0 N–H and O–H groups in total. The maximum absolute atomic E-state index is 10.9. The molecule has 2 rings (SSSR count). The van der Waals surface area contributed by atoms with Crippen molar-refractivity contribution in [2.75, 3.05) is 0 Å². The van der Waals surface area contributed by atoms with Crippen molar-refractivity contribution in [2.45, 2.75) is 0 Å². The summed E-state index contributed by atoms with van der Waals surface area (Å²) in [6, 6.07) is 10.1. The highest BCUT2D eigenvalue weighted by Crippen LogP contribution is 2.34. The van der Waals surface area contributed by atoms with Gasteiger partial charge >= 0.3 is 0 Å². The molecule has 0 fully saturated rings. The van der Waals surface area contributed by atoms with Crippen molar-refractivity contribution in [2.24, 2.45) is 0 Å². The molecule has 2 aromatic carbocycles. The summed E-state index contributed by atoms with van der Waals surface area (Å²) >= 11 is 5.83. The van der Waals surface area contributed by atoms with E-state index in [4.69, 9.17) is 16.9 Å². The Labute approximate surface area is 95.8 Å². The second-order valence-corrected chi connectivity index (χ2v) is 3.58. The number of hydrogen-bond donors (Lipinski definition) is 0. The van der Waals surface area contributed by atoms with E-state index < -0.39 is 4.92 Å². The molecule has 0 bridgehead atoms. The van der Waals surface area contributed by atoms with E-state index >= 15 is 0 Å². The summed E-state index contributed by atoms with van der Waals surface area (Å²) in [5.74, 6) is 0. The maximum Gasteiger partial charge on any atom is 0.296 e. The molecule has 0 aliphatic rings. The molecule has 5 heteroatoms. The third kappa shape index (κ3) is 1.47. The van der Waals surface area contributed by atoms with E-state index in [1.807, 2.05) is 0 Å². The zero-order valence-corrected chi connectivity index (χ0v) is 8.73. The summed E-state index contributed by atoms with van der Waals surface area (Å²) < 4.78 is 0. The SMILES string of the molecule is N#Cc1c(Cl)cc2ccccc2c1[N+](=O)[O-]. The van der Waals surface area contributed by atoms with Gasteiger partial charge in [-0.25, -0.2) is 0 Å². The van der Waals surface area contributed by atoms with Gasteiger partial charge in [0.1, 0.15) is 11.6 Å². The molecule has 0 aliphatic carbocycles. The Bertz CT molecular complexity index is 632. The lowest BCUT2D eigenvalue weighted by Gasteiger charge is -2.02. The van der Waals surface area contributed by atoms with Crippen LogP contribution in [0.5, 0.6) is 0 Å². The van der Waals surface area contributed by atoms with Gasteiger partial charge in [0, 0.05) is 0 Å². The van der Waals surface area contributed by atoms with Crippen molar-refractivity contribution in [3.8, 4) is 6.07 Å². The second kappa shape index (κ2) is 3.80. The molecule has 0 heterocycles. The molecule has 4 nitrogen and oxygen atoms in total. The van der Waals surface area contributed by atoms with Gasteiger partial charge in [0.05, 0.1) is 15.3 Å². The predicted molar refractivity (Wildman–Crippen MR) is 60.3 cm³/mol. The number of fused-ring (bicyclic) bond motifs is 1. The van der Waals surface area contributed by atoms with E-state index in [1.165, 1.54) is 0 Å². The van der Waals surface area contributed by atoms with Crippen molar-refractivity contribution in [1.29, 1.82) is 5.26 Å². The first-order valence-corrected chi connectivity index (χ1v) is 4.78. The Balaban J connectivity index is 3.00. The van der Waals surface area contributed by atoms with Crippen molar-refractivity contribution in [3.63, 3.8) is 0 Å². The topological polar surface area (TPSA) is 66.9 Å². The molecule has 16 heavy (non-hydrogen) atoms. The monoisotopic (exact) mass is 232 g/mol. The van der Waals surface area contributed by atoms with Crippen LogP contribution in [-0.2, 0) is 0 Å². The molecule has 0 aromatic heterocycles. The van der Waals surface area contributed by atoms with Gasteiger partial charge < -0.3 is 0 Å². The second-order valence-electron chi connectivity index (χ2n) is 3.17. The van der Waals surface area contributed by atoms with Crippen LogP contribution in [0, 0.1) is 21.4 Å². The predicted octanol–water partition coefficient (Wildman–Crippen LogP) is 3.27. The zero-order valence-electron chi connectivity index (χ0n) is 7.98. The summed E-state index contributed by atoms with van der Waals surface area (Å²) in [6.07, 6.45) is 0. The number of rotatable bonds is 1. The number of halogens is 1. The summed E-state index contributed by atoms with van der Waals surface area (Å²) in [6.45, 7) is 0. The fraction of sp³-hybridized carbons (Fsp3) is 0. The minimum absolute atomic E-state index is 0.0923. The van der Waals surface area contributed by atoms with E-state index in [0.717, 1.165) is 0 Å². The lowest BCUT2D eigenvalue weighted by molar-refractivity contribution is -0.383. The van der Waals surface area contributed by atoms with Crippen molar-refractivity contribution in [1.82, 2.24) is 0 Å². The largest absolute Gasteiger partial charge is 0.296 e. The summed E-state index contributed by atoms with van der Waals surface area (Å²) in [7, 11) is 0. The molecule has 0 aliphatic heterocycles. The number of nitro benzene ring substituents is 1. The third-order valence-corrected chi connectivity index (χ3v) is 2.57. The lowest BCUT2D eigenvalue weighted by Crippen LogP contribution is -1.94. The van der Waals surface area contributed by atoms with Gasteiger partial charge in [-0.3, -0.25) is 10.1 Å². The number of benzene rings is 2. The molecule has 0 amide bonds. The first kappa shape index (κ1) is 10.4. The lowest BCUT2D eigenvalue weighted by atomic mass is 10.0. The van der Waals surface area contributed by atoms with Crippen LogP contribution in [0.25, 0.3) is 10.8 Å². The Morgan fingerprint density at radius 2 is 2.06 bits per heavy atom. The first-order valence-electron chi connectivity index (χ1n) is 4.41. The van der Waals surface area contributed by atoms with E-state index in [-0.39, 0.29) is 16.3 Å². The quantitative estimate of drug-likeness (QED) is 0.560. The smallest absolute Gasteiger partial charge is 0.258 e. The molecule has 0 spiro atoms. The molecule has 0 unspecified atom stereocenters. The number of nitro groups is 1. The van der Waals surface area contributed by atoms with Gasteiger partial charge in [-0.05, 0) is 17.5 Å². The molecular weight excluding hydrogens is 228 g/mol. The van der Waals surface area contributed by atoms with Gasteiger partial charge in [-0.15, -0.1) is 0 Å². The average Bonchev–Trinajstić information content (AvgIpc) is 2.26. The normalized spacial score (nSPS) is 10.0. The van der Waals surface area contributed by atoms with Crippen LogP contribution in [0.4, 0.5) is 5.69 Å². The molecule has 0 saturated heterocycles. The maximum atomic E-state index is 10.9. The fourth-order valence-electron chi connectivity index (χ4n) is 1.59. The standard InChI is InChI=1S/C11H5ClN2O2/c12-10-5-7-3-1-2-4-8(7)11(14(15)16)9(10)6-13/h1-5H. The van der Waals surface area contributed by atoms with Gasteiger partial charge in [-0.1, -0.05) is 29.8 Å². The summed E-state index contributed by atoms with van der Waals surface area (Å²) in [5, 5.41) is 21.0. The van der Waals surface area contributed by atoms with Gasteiger partial charge in [0.15, 0.2) is 0 Å². The van der Waals surface area contributed by atoms with Crippen molar-refractivity contribution in [3.05, 3.63) is 51.0 Å². The Morgan fingerprint density at radius 1 is 1.38 bits per heavy atom. The van der Waals surface area contributed by atoms with Gasteiger partial charge in [-0.2, -0.15) is 5.26 Å². The van der Waals surface area contributed by atoms with Crippen LogP contribution < -0.4 is 0 Å². The fourth-order valence-corrected chi connectivity index (χ4v) is 1.84. The van der Waals surface area contributed by atoms with Gasteiger partial charge in [0.2, 0.25) is 0 Å². The third-order valence-electron chi connectivity index (χ3n) is 2.27. The summed E-state index contributed by atoms with van der Waals surface area (Å²) in [5.41, 5.74) is -0.323. The highest BCUT2D eigenvalue weighted by Gasteiger charge is 2.21. The molecule has 0 atom stereocenters. The molecule has 0 saturated carbocycles. The highest BCUT2D eigenvalue weighted by molar-refractivity contribution is 6.33. The van der Waals surface area contributed by atoms with E-state index in [1.54, 1.807) is 36.4 Å². The number of hydrogen-bond acceptors (Lipinski definition) is 3. The Kier molecular flexibility index (Phi) is 2.47. The van der Waals surface area contributed by atoms with E-state index in [2.05, 4.69) is 0 Å². The molecular formula is C11H5ClN2O2. The summed E-state index contributed by atoms with van der Waals surface area (Å²) in [4.78, 5) is 10.4.